The van der Waals surface area contributed by atoms with Crippen molar-refractivity contribution in [2.24, 2.45) is 5.73 Å². The van der Waals surface area contributed by atoms with Gasteiger partial charge in [0.05, 0.1) is 7.11 Å². The van der Waals surface area contributed by atoms with Crippen molar-refractivity contribution >= 4 is 30.5 Å². The van der Waals surface area contributed by atoms with Crippen LogP contribution in [0.5, 0.6) is 5.75 Å². The lowest BCUT2D eigenvalue weighted by Gasteiger charge is -2.32. The smallest absolute Gasteiger partial charge is 0.120 e. The van der Waals surface area contributed by atoms with Crippen LogP contribution < -0.4 is 15.4 Å². The highest BCUT2D eigenvalue weighted by atomic mass is 35.5. The number of nitrogens with zero attached hydrogens (tertiary/aromatic N) is 1. The summed E-state index contributed by atoms with van der Waals surface area (Å²) in [6.07, 6.45) is 2.32. The van der Waals surface area contributed by atoms with E-state index in [1.807, 2.05) is 12.1 Å². The SMILES string of the molecule is COc1cccc(N2CCCC(N)C2)c1.Cl.Cl. The molecule has 98 valence electrons. The molecule has 1 aliphatic rings. The molecule has 0 aliphatic carbocycles. The summed E-state index contributed by atoms with van der Waals surface area (Å²) < 4.78 is 5.21. The van der Waals surface area contributed by atoms with E-state index in [1.165, 1.54) is 12.1 Å². The average molecular weight is 279 g/mol. The minimum atomic E-state index is 0. The van der Waals surface area contributed by atoms with Gasteiger partial charge in [0, 0.05) is 30.9 Å². The molecular formula is C12H20Cl2N2O. The number of nitrogens with two attached hydrogens (primary N) is 1. The second kappa shape index (κ2) is 7.64. The van der Waals surface area contributed by atoms with Crippen LogP contribution in [-0.2, 0) is 0 Å². The number of hydrogen-bond acceptors (Lipinski definition) is 3. The number of piperidine rings is 1. The van der Waals surface area contributed by atoms with Crippen molar-refractivity contribution in [1.29, 1.82) is 0 Å². The maximum absolute atomic E-state index is 5.96. The van der Waals surface area contributed by atoms with Crippen molar-refractivity contribution in [3.8, 4) is 5.75 Å². The highest BCUT2D eigenvalue weighted by Crippen LogP contribution is 2.23. The molecule has 1 unspecified atom stereocenters. The summed E-state index contributed by atoms with van der Waals surface area (Å²) in [6.45, 7) is 2.05. The quantitative estimate of drug-likeness (QED) is 0.903. The third-order valence-electron chi connectivity index (χ3n) is 2.88. The molecule has 5 heteroatoms. The summed E-state index contributed by atoms with van der Waals surface area (Å²) in [6, 6.07) is 8.48. The number of anilines is 1. The Morgan fingerprint density at radius 1 is 1.35 bits per heavy atom. The Hall–Kier alpha value is -0.640. The van der Waals surface area contributed by atoms with E-state index in [9.17, 15) is 0 Å². The van der Waals surface area contributed by atoms with Crippen LogP contribution in [0.15, 0.2) is 24.3 Å². The van der Waals surface area contributed by atoms with Gasteiger partial charge in [-0.3, -0.25) is 0 Å². The van der Waals surface area contributed by atoms with Crippen molar-refractivity contribution in [3.63, 3.8) is 0 Å². The van der Waals surface area contributed by atoms with Crippen LogP contribution >= 0.6 is 24.8 Å². The van der Waals surface area contributed by atoms with E-state index in [0.29, 0.717) is 6.04 Å². The molecule has 0 spiro atoms. The van der Waals surface area contributed by atoms with Gasteiger partial charge in [0.25, 0.3) is 0 Å². The van der Waals surface area contributed by atoms with Gasteiger partial charge in [-0.15, -0.1) is 24.8 Å². The number of ether oxygens (including phenoxy) is 1. The average Bonchev–Trinajstić information content (AvgIpc) is 2.29. The van der Waals surface area contributed by atoms with E-state index in [2.05, 4.69) is 17.0 Å². The third-order valence-corrected chi connectivity index (χ3v) is 2.88. The van der Waals surface area contributed by atoms with Crippen LogP contribution in [0.2, 0.25) is 0 Å². The Balaban J connectivity index is 0.00000128. The first-order valence-corrected chi connectivity index (χ1v) is 5.44. The largest absolute Gasteiger partial charge is 0.497 e. The van der Waals surface area contributed by atoms with E-state index >= 15 is 0 Å². The third kappa shape index (κ3) is 4.26. The molecule has 2 N–H and O–H groups in total. The predicted octanol–water partition coefficient (Wildman–Crippen LogP) is 2.47. The highest BCUT2D eigenvalue weighted by Gasteiger charge is 2.16. The number of hydrogen-bond donors (Lipinski definition) is 1. The molecular weight excluding hydrogens is 259 g/mol. The summed E-state index contributed by atoms with van der Waals surface area (Å²) in [5.74, 6) is 0.909. The molecule has 0 bridgehead atoms. The second-order valence-corrected chi connectivity index (χ2v) is 4.05. The maximum Gasteiger partial charge on any atom is 0.120 e. The molecule has 3 nitrogen and oxygen atoms in total. The molecule has 1 aliphatic heterocycles. The predicted molar refractivity (Wildman–Crippen MR) is 76.9 cm³/mol. The normalized spacial score (nSPS) is 18.9. The van der Waals surface area contributed by atoms with Crippen molar-refractivity contribution in [2.45, 2.75) is 18.9 Å². The van der Waals surface area contributed by atoms with Gasteiger partial charge in [0.2, 0.25) is 0 Å². The molecule has 0 amide bonds. The molecule has 0 aromatic heterocycles. The highest BCUT2D eigenvalue weighted by molar-refractivity contribution is 5.85. The first-order valence-electron chi connectivity index (χ1n) is 5.44. The van der Waals surface area contributed by atoms with E-state index in [-0.39, 0.29) is 24.8 Å². The summed E-state index contributed by atoms with van der Waals surface area (Å²) in [7, 11) is 1.70. The van der Waals surface area contributed by atoms with Crippen molar-refractivity contribution in [3.05, 3.63) is 24.3 Å². The monoisotopic (exact) mass is 278 g/mol. The summed E-state index contributed by atoms with van der Waals surface area (Å²) in [4.78, 5) is 2.33. The molecule has 1 aromatic rings. The number of halogens is 2. The fourth-order valence-electron chi connectivity index (χ4n) is 2.05. The molecule has 1 atom stereocenters. The molecule has 1 saturated heterocycles. The van der Waals surface area contributed by atoms with Crippen LogP contribution in [0.3, 0.4) is 0 Å². The van der Waals surface area contributed by atoms with Gasteiger partial charge >= 0.3 is 0 Å². The summed E-state index contributed by atoms with van der Waals surface area (Å²) >= 11 is 0. The topological polar surface area (TPSA) is 38.5 Å². The van der Waals surface area contributed by atoms with Crippen molar-refractivity contribution < 1.29 is 4.74 Å². The van der Waals surface area contributed by atoms with E-state index in [0.717, 1.165) is 25.3 Å². The zero-order valence-electron chi connectivity index (χ0n) is 9.96. The van der Waals surface area contributed by atoms with Gasteiger partial charge in [-0.25, -0.2) is 0 Å². The number of benzene rings is 1. The van der Waals surface area contributed by atoms with Gasteiger partial charge in [-0.2, -0.15) is 0 Å². The zero-order chi connectivity index (χ0) is 10.7. The van der Waals surface area contributed by atoms with E-state index < -0.39 is 0 Å². The van der Waals surface area contributed by atoms with Gasteiger partial charge < -0.3 is 15.4 Å². The molecule has 0 saturated carbocycles. The Morgan fingerprint density at radius 2 is 2.12 bits per heavy atom. The molecule has 2 rings (SSSR count). The standard InChI is InChI=1S/C12H18N2O.2ClH/c1-15-12-6-2-5-11(8-12)14-7-3-4-10(13)9-14;;/h2,5-6,8,10H,3-4,7,9,13H2,1H3;2*1H. The van der Waals surface area contributed by atoms with E-state index in [4.69, 9.17) is 10.5 Å². The Bertz CT molecular complexity index is 336. The lowest BCUT2D eigenvalue weighted by atomic mass is 10.1. The fourth-order valence-corrected chi connectivity index (χ4v) is 2.05. The molecule has 17 heavy (non-hydrogen) atoms. The first-order chi connectivity index (χ1) is 7.29. The lowest BCUT2D eigenvalue weighted by molar-refractivity contribution is 0.414. The minimum absolute atomic E-state index is 0. The number of methoxy groups -OCH3 is 1. The zero-order valence-corrected chi connectivity index (χ0v) is 11.6. The van der Waals surface area contributed by atoms with Crippen molar-refractivity contribution in [1.82, 2.24) is 0 Å². The summed E-state index contributed by atoms with van der Waals surface area (Å²) in [5.41, 5.74) is 7.17. The molecule has 1 fully saturated rings. The van der Waals surface area contributed by atoms with Crippen molar-refractivity contribution in [2.75, 3.05) is 25.1 Å². The van der Waals surface area contributed by atoms with Crippen LogP contribution in [0.4, 0.5) is 5.69 Å². The molecule has 0 radical (unpaired) electrons. The Morgan fingerprint density at radius 3 is 2.76 bits per heavy atom. The van der Waals surface area contributed by atoms with Crippen LogP contribution in [0.25, 0.3) is 0 Å². The van der Waals surface area contributed by atoms with Gasteiger partial charge in [0.15, 0.2) is 0 Å². The molecule has 1 aromatic carbocycles. The van der Waals surface area contributed by atoms with E-state index in [1.54, 1.807) is 7.11 Å². The minimum Gasteiger partial charge on any atom is -0.497 e. The number of rotatable bonds is 2. The lowest BCUT2D eigenvalue weighted by Crippen LogP contribution is -2.42. The Kier molecular flexibility index (Phi) is 7.35. The van der Waals surface area contributed by atoms with Gasteiger partial charge in [0.1, 0.15) is 5.75 Å². The van der Waals surface area contributed by atoms with Crippen LogP contribution in [0, 0.1) is 0 Å². The van der Waals surface area contributed by atoms with Gasteiger partial charge in [-0.1, -0.05) is 6.07 Å². The Labute approximate surface area is 115 Å². The summed E-state index contributed by atoms with van der Waals surface area (Å²) in [5, 5.41) is 0. The first kappa shape index (κ1) is 16.4. The second-order valence-electron chi connectivity index (χ2n) is 4.05. The molecule has 1 heterocycles. The van der Waals surface area contributed by atoms with Gasteiger partial charge in [-0.05, 0) is 25.0 Å². The fraction of sp³-hybridized carbons (Fsp3) is 0.500. The van der Waals surface area contributed by atoms with Crippen LogP contribution in [0.1, 0.15) is 12.8 Å². The van der Waals surface area contributed by atoms with Crippen LogP contribution in [-0.4, -0.2) is 26.2 Å². The maximum atomic E-state index is 5.96.